The molecule has 0 aromatic carbocycles. The second-order valence-corrected chi connectivity index (χ2v) is 17.3. The van der Waals surface area contributed by atoms with Crippen LogP contribution in [0.1, 0.15) is 91.4 Å². The molecule has 4 aliphatic rings. The number of aliphatic hydroxyl groups excluding tert-OH is 3. The van der Waals surface area contributed by atoms with Gasteiger partial charge in [0.15, 0.2) is 0 Å². The molecular weight excluding hydrogens is 588 g/mol. The van der Waals surface area contributed by atoms with Crippen LogP contribution in [0.3, 0.4) is 0 Å². The second-order valence-electron chi connectivity index (χ2n) is 15.7. The zero-order chi connectivity index (χ0) is 31.1. The summed E-state index contributed by atoms with van der Waals surface area (Å²) in [4.78, 5) is 12.7. The standard InChI is InChI=1S/C32H58N2O7S.2H2O/c1-21(8-11-29(38)33-14-6-15-34(4,5)16-7-17-42(39,40)41)24-9-10-25-30-26(20-28(37)32(24,25)3)31(2)13-12-23(35)18-22(31)19-27(30)36;;/h21-28,30,35-37H,6-20H2,1-5H3,(H-,33,38,39,40,41);2*1H2/t21-,22+,23-,24-,25+,26+,27-,28+,30+,31-,32+;;/m1../s1. The number of hydrogen-bond donors (Lipinski definition) is 4. The Hall–Kier alpha value is -0.860. The minimum absolute atomic E-state index is 0. The second kappa shape index (κ2) is 14.9. The molecule has 4 saturated carbocycles. The fourth-order valence-electron chi connectivity index (χ4n) is 10.3. The third-order valence-corrected chi connectivity index (χ3v) is 13.6. The van der Waals surface area contributed by atoms with Crippen molar-refractivity contribution >= 4 is 16.0 Å². The number of nitrogens with one attached hydrogen (secondary N) is 1. The lowest BCUT2D eigenvalue weighted by molar-refractivity contribution is -0.890. The number of hydrogen-bond acceptors (Lipinski definition) is 7. The van der Waals surface area contributed by atoms with E-state index in [9.17, 15) is 33.1 Å². The number of amides is 1. The number of nitrogens with zero attached hydrogens (tertiary/aromatic N) is 1. The Balaban J connectivity index is 0.00000337. The number of carbonyl (C=O) groups is 1. The molecule has 0 radical (unpaired) electrons. The normalized spacial score (nSPS) is 39.1. The molecule has 0 bridgehead atoms. The largest absolute Gasteiger partial charge is 0.748 e. The number of fused-ring (bicyclic) bond motifs is 5. The summed E-state index contributed by atoms with van der Waals surface area (Å²) in [6, 6.07) is 0. The molecule has 260 valence electrons. The number of quaternary nitrogens is 1. The lowest BCUT2D eigenvalue weighted by Crippen LogP contribution is -2.62. The van der Waals surface area contributed by atoms with E-state index in [2.05, 4.69) is 26.1 Å². The van der Waals surface area contributed by atoms with Crippen LogP contribution in [0.2, 0.25) is 0 Å². The zero-order valence-electron chi connectivity index (χ0n) is 27.6. The van der Waals surface area contributed by atoms with Crippen LogP contribution < -0.4 is 5.32 Å². The van der Waals surface area contributed by atoms with E-state index < -0.39 is 16.2 Å². The fraction of sp³-hybridized carbons (Fsp3) is 0.969. The van der Waals surface area contributed by atoms with Crippen molar-refractivity contribution in [1.29, 1.82) is 0 Å². The van der Waals surface area contributed by atoms with Crippen LogP contribution in [-0.4, -0.2) is 107 Å². The third-order valence-electron chi connectivity index (χ3n) is 12.8. The molecule has 0 aliphatic heterocycles. The average Bonchev–Trinajstić information content (AvgIpc) is 3.24. The molecule has 0 spiro atoms. The van der Waals surface area contributed by atoms with E-state index >= 15 is 0 Å². The quantitative estimate of drug-likeness (QED) is 0.138. The highest BCUT2D eigenvalue weighted by molar-refractivity contribution is 7.85. The lowest BCUT2D eigenvalue weighted by atomic mass is 9.43. The van der Waals surface area contributed by atoms with Crippen LogP contribution in [0.4, 0.5) is 0 Å². The van der Waals surface area contributed by atoms with E-state index in [-0.39, 0.29) is 63.4 Å². The van der Waals surface area contributed by atoms with Gasteiger partial charge >= 0.3 is 0 Å². The summed E-state index contributed by atoms with van der Waals surface area (Å²) in [7, 11) is -0.177. The Morgan fingerprint density at radius 3 is 2.32 bits per heavy atom. The van der Waals surface area contributed by atoms with E-state index in [1.165, 1.54) is 0 Å². The van der Waals surface area contributed by atoms with Crippen molar-refractivity contribution in [3.05, 3.63) is 0 Å². The molecule has 11 atom stereocenters. The number of carbonyl (C=O) groups excluding carboxylic acids is 1. The smallest absolute Gasteiger partial charge is 0.220 e. The summed E-state index contributed by atoms with van der Waals surface area (Å²) in [5, 5.41) is 36.6. The zero-order valence-corrected chi connectivity index (χ0v) is 28.4. The summed E-state index contributed by atoms with van der Waals surface area (Å²) in [6.45, 7) is 8.78. The minimum Gasteiger partial charge on any atom is -0.748 e. The predicted octanol–water partition coefficient (Wildman–Crippen LogP) is 1.23. The van der Waals surface area contributed by atoms with Gasteiger partial charge in [-0.25, -0.2) is 8.42 Å². The maximum Gasteiger partial charge on any atom is 0.220 e. The Labute approximate surface area is 265 Å². The Kier molecular flexibility index (Phi) is 13.3. The summed E-state index contributed by atoms with van der Waals surface area (Å²) < 4.78 is 33.1. The molecule has 1 amide bonds. The van der Waals surface area contributed by atoms with Crippen LogP contribution in [0.25, 0.3) is 0 Å². The van der Waals surface area contributed by atoms with Crippen molar-refractivity contribution in [2.75, 3.05) is 39.5 Å². The summed E-state index contributed by atoms with van der Waals surface area (Å²) in [5.74, 6) is 1.38. The predicted molar refractivity (Wildman–Crippen MR) is 168 cm³/mol. The maximum atomic E-state index is 12.7. The molecule has 0 aromatic heterocycles. The van der Waals surface area contributed by atoms with Crippen molar-refractivity contribution in [2.24, 2.45) is 46.3 Å². The Morgan fingerprint density at radius 2 is 1.66 bits per heavy atom. The van der Waals surface area contributed by atoms with E-state index in [1.54, 1.807) is 0 Å². The first-order chi connectivity index (χ1) is 19.5. The molecule has 44 heavy (non-hydrogen) atoms. The SMILES string of the molecule is C[C@H](CCC(=O)NCCC[N+](C)(C)CCCS(=O)(=O)[O-])[C@H]1CC[C@H]2[C@@H]3[C@H](O)C[C@@H]4C[C@H](O)CC[C@@]4(C)[C@H]3C[C@H](O)[C@@]12C.O.O. The lowest BCUT2D eigenvalue weighted by Gasteiger charge is -2.63. The highest BCUT2D eigenvalue weighted by atomic mass is 32.2. The average molecular weight is 651 g/mol. The van der Waals surface area contributed by atoms with Gasteiger partial charge in [-0.05, 0) is 97.7 Å². The van der Waals surface area contributed by atoms with Gasteiger partial charge in [0.05, 0.1) is 55.6 Å². The molecule has 4 rings (SSSR count). The summed E-state index contributed by atoms with van der Waals surface area (Å²) in [5.41, 5.74) is -0.191. The molecule has 0 aromatic rings. The molecule has 12 heteroatoms. The number of rotatable bonds is 12. The van der Waals surface area contributed by atoms with Crippen molar-refractivity contribution in [2.45, 2.75) is 110 Å². The molecule has 11 nitrogen and oxygen atoms in total. The van der Waals surface area contributed by atoms with Crippen molar-refractivity contribution < 1.29 is 48.5 Å². The molecule has 4 aliphatic carbocycles. The van der Waals surface area contributed by atoms with E-state index in [4.69, 9.17) is 0 Å². The highest BCUT2D eigenvalue weighted by Crippen LogP contribution is 2.68. The monoisotopic (exact) mass is 650 g/mol. The summed E-state index contributed by atoms with van der Waals surface area (Å²) in [6.07, 6.45) is 7.35. The van der Waals surface area contributed by atoms with Gasteiger partial charge in [-0.3, -0.25) is 4.79 Å². The third kappa shape index (κ3) is 8.34. The highest BCUT2D eigenvalue weighted by Gasteiger charge is 2.65. The van der Waals surface area contributed by atoms with Gasteiger partial charge in [-0.15, -0.1) is 0 Å². The number of aliphatic hydroxyl groups is 3. The Morgan fingerprint density at radius 1 is 1.00 bits per heavy atom. The maximum absolute atomic E-state index is 12.7. The van der Waals surface area contributed by atoms with Crippen molar-refractivity contribution in [3.8, 4) is 0 Å². The molecule has 0 heterocycles. The van der Waals surface area contributed by atoms with E-state index in [1.807, 2.05) is 14.1 Å². The van der Waals surface area contributed by atoms with Crippen LogP contribution in [0.5, 0.6) is 0 Å². The molecule has 0 unspecified atom stereocenters. The molecule has 0 saturated heterocycles. The van der Waals surface area contributed by atoms with E-state index in [0.717, 1.165) is 64.3 Å². The van der Waals surface area contributed by atoms with Gasteiger partial charge < -0.3 is 40.6 Å². The first-order valence-electron chi connectivity index (χ1n) is 16.5. The van der Waals surface area contributed by atoms with Crippen LogP contribution in [0.15, 0.2) is 0 Å². The topological polar surface area (TPSA) is 210 Å². The Bertz CT molecular complexity index is 1060. The molecule has 8 N–H and O–H groups in total. The van der Waals surface area contributed by atoms with Gasteiger partial charge in [-0.1, -0.05) is 20.8 Å². The van der Waals surface area contributed by atoms with Crippen LogP contribution >= 0.6 is 0 Å². The van der Waals surface area contributed by atoms with E-state index in [0.29, 0.717) is 48.2 Å². The van der Waals surface area contributed by atoms with Gasteiger partial charge in [0, 0.05) is 31.6 Å². The summed E-state index contributed by atoms with van der Waals surface area (Å²) >= 11 is 0. The van der Waals surface area contributed by atoms with Crippen molar-refractivity contribution in [3.63, 3.8) is 0 Å². The van der Waals surface area contributed by atoms with Gasteiger partial charge in [-0.2, -0.15) is 0 Å². The first-order valence-corrected chi connectivity index (χ1v) is 18.1. The molecule has 4 fully saturated rings. The minimum atomic E-state index is -4.18. The van der Waals surface area contributed by atoms with Crippen molar-refractivity contribution in [1.82, 2.24) is 5.32 Å². The first kappa shape index (κ1) is 39.3. The van der Waals surface area contributed by atoms with Gasteiger partial charge in [0.2, 0.25) is 5.91 Å². The van der Waals surface area contributed by atoms with Gasteiger partial charge in [0.1, 0.15) is 0 Å². The van der Waals surface area contributed by atoms with Gasteiger partial charge in [0.25, 0.3) is 0 Å². The molecular formula is C32H62N2O9S. The fourth-order valence-corrected chi connectivity index (χ4v) is 10.8. The van der Waals surface area contributed by atoms with Crippen LogP contribution in [0, 0.1) is 46.3 Å². The van der Waals surface area contributed by atoms with Crippen LogP contribution in [-0.2, 0) is 14.9 Å².